The molecular weight excluding hydrogens is 450 g/mol. The van der Waals surface area contributed by atoms with Crippen LogP contribution in [0.4, 0.5) is 23.1 Å². The van der Waals surface area contributed by atoms with Crippen LogP contribution in [-0.2, 0) is 14.4 Å². The van der Waals surface area contributed by atoms with E-state index >= 15 is 0 Å². The first-order chi connectivity index (χ1) is 16.2. The second-order valence-corrected chi connectivity index (χ2v) is 7.31. The number of H-pyrrole nitrogens is 1. The van der Waals surface area contributed by atoms with Crippen LogP contribution in [0.25, 0.3) is 0 Å². The Morgan fingerprint density at radius 3 is 2.56 bits per heavy atom. The van der Waals surface area contributed by atoms with E-state index in [1.54, 1.807) is 12.1 Å². The van der Waals surface area contributed by atoms with Gasteiger partial charge in [0.2, 0.25) is 5.95 Å². The Morgan fingerprint density at radius 1 is 1.24 bits per heavy atom. The Kier molecular flexibility index (Phi) is 7.13. The molecular formula is C20H21N7O7. The Bertz CT molecular complexity index is 1220. The zero-order valence-corrected chi connectivity index (χ0v) is 17.5. The second kappa shape index (κ2) is 10.2. The summed E-state index contributed by atoms with van der Waals surface area (Å²) in [6.45, 7) is 0.888. The minimum atomic E-state index is -1.61. The number of aliphatic carboxylic acids is 2. The van der Waals surface area contributed by atoms with Gasteiger partial charge in [-0.05, 0) is 24.3 Å². The molecule has 1 aliphatic rings. The number of fused-ring (bicyclic) bond motifs is 1. The van der Waals surface area contributed by atoms with E-state index in [0.29, 0.717) is 24.6 Å². The maximum absolute atomic E-state index is 12.4. The number of nitrogens with two attached hydrogens (primary N) is 1. The highest BCUT2D eigenvalue weighted by Gasteiger charge is 2.25. The van der Waals surface area contributed by atoms with Crippen LogP contribution in [0.5, 0.6) is 0 Å². The van der Waals surface area contributed by atoms with Gasteiger partial charge in [-0.15, -0.1) is 0 Å². The second-order valence-electron chi connectivity index (χ2n) is 7.31. The van der Waals surface area contributed by atoms with Crippen molar-refractivity contribution >= 4 is 46.9 Å². The van der Waals surface area contributed by atoms with E-state index in [1.165, 1.54) is 18.1 Å². The molecule has 1 aromatic heterocycles. The molecule has 1 amide bonds. The van der Waals surface area contributed by atoms with E-state index < -0.39 is 41.4 Å². The summed E-state index contributed by atoms with van der Waals surface area (Å²) in [5, 5.41) is 29.5. The van der Waals surface area contributed by atoms with Gasteiger partial charge in [-0.2, -0.15) is 4.98 Å². The Labute approximate surface area is 191 Å². The maximum Gasteiger partial charge on any atom is 0.342 e. The number of carbonyl (C=O) groups is 3. The summed E-state index contributed by atoms with van der Waals surface area (Å²) >= 11 is 0. The average molecular weight is 471 g/mol. The van der Waals surface area contributed by atoms with Gasteiger partial charge in [-0.3, -0.25) is 14.6 Å². The molecule has 178 valence electrons. The quantitative estimate of drug-likeness (QED) is 0.164. The van der Waals surface area contributed by atoms with E-state index in [0.717, 1.165) is 0 Å². The fourth-order valence-electron chi connectivity index (χ4n) is 3.15. The average Bonchev–Trinajstić information content (AvgIpc) is 2.80. The predicted octanol–water partition coefficient (Wildman–Crippen LogP) is -0.914. The third kappa shape index (κ3) is 5.69. The lowest BCUT2D eigenvalue weighted by Crippen LogP contribution is -2.41. The van der Waals surface area contributed by atoms with Gasteiger partial charge in [-0.1, -0.05) is 0 Å². The maximum atomic E-state index is 12.4. The number of carboxylic acids is 2. The lowest BCUT2D eigenvalue weighted by atomic mass is 10.1. The van der Waals surface area contributed by atoms with E-state index in [-0.39, 0.29) is 23.2 Å². The first-order valence-electron chi connectivity index (χ1n) is 9.93. The number of hydrogen-bond acceptors (Lipinski definition) is 10. The number of rotatable bonds is 9. The van der Waals surface area contributed by atoms with Gasteiger partial charge in [0.1, 0.15) is 23.2 Å². The van der Waals surface area contributed by atoms with Gasteiger partial charge in [-0.25, -0.2) is 14.4 Å². The molecule has 2 atom stereocenters. The molecule has 3 rings (SSSR count). The summed E-state index contributed by atoms with van der Waals surface area (Å²) in [4.78, 5) is 63.7. The summed E-state index contributed by atoms with van der Waals surface area (Å²) in [7, 11) is 0. The van der Waals surface area contributed by atoms with Crippen molar-refractivity contribution in [3.8, 4) is 0 Å². The molecule has 0 bridgehead atoms. The van der Waals surface area contributed by atoms with Crippen LogP contribution in [-0.4, -0.2) is 69.1 Å². The largest absolute Gasteiger partial charge is 0.480 e. The molecule has 34 heavy (non-hydrogen) atoms. The predicted molar refractivity (Wildman–Crippen MR) is 120 cm³/mol. The highest BCUT2D eigenvalue weighted by molar-refractivity contribution is 5.99. The molecule has 14 nitrogen and oxygen atoms in total. The van der Waals surface area contributed by atoms with Crippen LogP contribution in [0.1, 0.15) is 16.8 Å². The van der Waals surface area contributed by atoms with E-state index in [1.807, 2.05) is 0 Å². The smallest absolute Gasteiger partial charge is 0.342 e. The molecule has 0 saturated heterocycles. The molecule has 14 heteroatoms. The Hall–Kier alpha value is -4.84. The van der Waals surface area contributed by atoms with Crippen molar-refractivity contribution in [3.63, 3.8) is 0 Å². The summed E-state index contributed by atoms with van der Waals surface area (Å²) in [6.07, 6.45) is -0.712. The number of anilines is 4. The highest BCUT2D eigenvalue weighted by atomic mass is 16.4. The van der Waals surface area contributed by atoms with Gasteiger partial charge in [0, 0.05) is 30.8 Å². The van der Waals surface area contributed by atoms with Crippen molar-refractivity contribution in [1.82, 2.24) is 15.3 Å². The Morgan fingerprint density at radius 2 is 1.94 bits per heavy atom. The minimum Gasteiger partial charge on any atom is -0.480 e. The monoisotopic (exact) mass is 471 g/mol. The standard InChI is InChI=1S/C20H21N7O7/c21-20-26-15-14(17(30)27-20)24-12(7-23-15)6-22-11-3-1-9(2-4-11)16(29)25-13(19(33)34)5-10(8-28)18(31)32/h1-4,12-13,22,24H,5-7H2,(H,25,29)(H,31,32)(H,33,34)(H4,21,23,26,27,30)/t12?,13-/m0/s1. The molecule has 0 spiro atoms. The lowest BCUT2D eigenvalue weighted by molar-refractivity contribution is -0.139. The van der Waals surface area contributed by atoms with Crippen LogP contribution >= 0.6 is 0 Å². The third-order valence-electron chi connectivity index (χ3n) is 4.89. The number of amides is 1. The van der Waals surface area contributed by atoms with Gasteiger partial charge in [0.25, 0.3) is 11.5 Å². The number of aromatic nitrogens is 2. The summed E-state index contributed by atoms with van der Waals surface area (Å²) in [5.41, 5.74) is 5.40. The van der Waals surface area contributed by atoms with Gasteiger partial charge in [0.15, 0.2) is 5.82 Å². The van der Waals surface area contributed by atoms with Gasteiger partial charge in [0.05, 0.1) is 6.04 Å². The van der Waals surface area contributed by atoms with E-state index in [2.05, 4.69) is 31.2 Å². The van der Waals surface area contributed by atoms with Crippen molar-refractivity contribution in [2.24, 2.45) is 0 Å². The lowest BCUT2D eigenvalue weighted by Gasteiger charge is -2.27. The highest BCUT2D eigenvalue weighted by Crippen LogP contribution is 2.20. The first-order valence-corrected chi connectivity index (χ1v) is 9.93. The first kappa shape index (κ1) is 23.8. The molecule has 0 saturated carbocycles. The third-order valence-corrected chi connectivity index (χ3v) is 4.89. The van der Waals surface area contributed by atoms with Crippen molar-refractivity contribution < 1.29 is 29.4 Å². The number of aromatic amines is 1. The fraction of sp³-hybridized carbons (Fsp3) is 0.250. The fourth-order valence-corrected chi connectivity index (χ4v) is 3.15. The number of benzene rings is 1. The zero-order chi connectivity index (χ0) is 24.8. The van der Waals surface area contributed by atoms with Crippen LogP contribution in [0.2, 0.25) is 0 Å². The molecule has 1 aromatic carbocycles. The molecule has 2 heterocycles. The van der Waals surface area contributed by atoms with Crippen molar-refractivity contribution in [1.29, 1.82) is 0 Å². The van der Waals surface area contributed by atoms with Crippen molar-refractivity contribution in [2.45, 2.75) is 18.5 Å². The number of hydrogen-bond donors (Lipinski definition) is 8. The molecule has 1 unspecified atom stereocenters. The molecule has 0 aliphatic carbocycles. The number of nitrogens with zero attached hydrogens (tertiary/aromatic N) is 1. The van der Waals surface area contributed by atoms with Gasteiger partial charge < -0.3 is 37.2 Å². The molecule has 9 N–H and O–H groups in total. The topological polar surface area (TPSA) is 229 Å². The van der Waals surface area contributed by atoms with Crippen molar-refractivity contribution in [3.05, 3.63) is 45.8 Å². The Balaban J connectivity index is 1.57. The molecule has 0 radical (unpaired) electrons. The van der Waals surface area contributed by atoms with Crippen LogP contribution in [0, 0.1) is 0 Å². The number of carbonyl (C=O) groups excluding carboxylic acids is 2. The summed E-state index contributed by atoms with van der Waals surface area (Å²) in [6, 6.07) is 4.31. The van der Waals surface area contributed by atoms with Crippen molar-refractivity contribution in [2.75, 3.05) is 34.8 Å². The molecule has 2 aromatic rings. The molecule has 0 fully saturated rings. The minimum absolute atomic E-state index is 0.0101. The van der Waals surface area contributed by atoms with Gasteiger partial charge >= 0.3 is 11.9 Å². The van der Waals surface area contributed by atoms with E-state index in [4.69, 9.17) is 10.8 Å². The normalized spacial score (nSPS) is 14.9. The summed E-state index contributed by atoms with van der Waals surface area (Å²) in [5.74, 6) is -2.31. The zero-order valence-electron chi connectivity index (χ0n) is 17.5. The number of nitrogen functional groups attached to an aromatic ring is 1. The molecule has 1 aliphatic heterocycles. The van der Waals surface area contributed by atoms with Crippen LogP contribution in [0.15, 0.2) is 34.6 Å². The number of nitrogens with one attached hydrogen (secondary N) is 5. The SMILES string of the molecule is Nc1nc2c(c(=O)[nH]1)NC(CNc1ccc(C(=O)N[C@@H](CC(=C=O)C(=O)O)C(=O)O)cc1)CN2. The number of carboxylic acid groups (broad SMARTS) is 2. The van der Waals surface area contributed by atoms with E-state index in [9.17, 15) is 29.1 Å². The van der Waals surface area contributed by atoms with Crippen LogP contribution in [0.3, 0.4) is 0 Å². The van der Waals surface area contributed by atoms with Crippen LogP contribution < -0.4 is 32.6 Å². The summed E-state index contributed by atoms with van der Waals surface area (Å²) < 4.78 is 0.